The van der Waals surface area contributed by atoms with Crippen LogP contribution in [0.25, 0.3) is 6.08 Å². The van der Waals surface area contributed by atoms with Gasteiger partial charge in [-0.05, 0) is 54.8 Å². The molecule has 0 saturated heterocycles. The average molecular weight is 434 g/mol. The zero-order valence-corrected chi connectivity index (χ0v) is 18.7. The number of ether oxygens (including phenoxy) is 2. The Kier molecular flexibility index (Phi) is 5.99. The van der Waals surface area contributed by atoms with Crippen molar-refractivity contribution < 1.29 is 19.1 Å². The number of amides is 2. The lowest BCUT2D eigenvalue weighted by Gasteiger charge is -2.28. The molecule has 0 aromatic heterocycles. The summed E-state index contributed by atoms with van der Waals surface area (Å²) in [7, 11) is 0. The van der Waals surface area contributed by atoms with Gasteiger partial charge in [-0.2, -0.15) is 5.10 Å². The minimum atomic E-state index is -0.111. The maximum atomic E-state index is 12.4. The summed E-state index contributed by atoms with van der Waals surface area (Å²) in [5, 5.41) is 9.08. The second kappa shape index (κ2) is 8.86. The first-order valence-electron chi connectivity index (χ1n) is 10.8. The van der Waals surface area contributed by atoms with Crippen LogP contribution in [-0.4, -0.2) is 35.4 Å². The molecule has 2 aromatic rings. The molecule has 0 aliphatic carbocycles. The van der Waals surface area contributed by atoms with Crippen molar-refractivity contribution in [3.63, 3.8) is 0 Å². The fourth-order valence-corrected chi connectivity index (χ4v) is 4.27. The highest BCUT2D eigenvalue weighted by molar-refractivity contribution is 6.12. The Morgan fingerprint density at radius 1 is 1.12 bits per heavy atom. The molecule has 0 fully saturated rings. The Morgan fingerprint density at radius 2 is 1.81 bits per heavy atom. The quantitative estimate of drug-likeness (QED) is 0.768. The van der Waals surface area contributed by atoms with Crippen molar-refractivity contribution in [1.82, 2.24) is 5.01 Å². The van der Waals surface area contributed by atoms with Gasteiger partial charge in [0.15, 0.2) is 11.5 Å². The van der Waals surface area contributed by atoms with Gasteiger partial charge in [-0.3, -0.25) is 9.59 Å². The molecule has 0 spiro atoms. The molecule has 2 aliphatic rings. The van der Waals surface area contributed by atoms with Crippen molar-refractivity contribution in [2.24, 2.45) is 5.10 Å². The molecular weight excluding hydrogens is 406 g/mol. The fourth-order valence-electron chi connectivity index (χ4n) is 4.27. The van der Waals surface area contributed by atoms with Crippen molar-refractivity contribution in [3.8, 4) is 11.5 Å². The summed E-state index contributed by atoms with van der Waals surface area (Å²) in [5.41, 5.74) is 4.40. The maximum absolute atomic E-state index is 12.4. The summed E-state index contributed by atoms with van der Waals surface area (Å²) in [6.07, 6.45) is 4.71. The number of allylic oxidation sites excluding steroid dienone is 1. The van der Waals surface area contributed by atoms with Crippen molar-refractivity contribution >= 4 is 29.3 Å². The minimum absolute atomic E-state index is 0.0977. The molecule has 166 valence electrons. The number of fused-ring (bicyclic) bond motifs is 2. The number of carbonyl (C=O) groups excluding carboxylic acids is 2. The highest BCUT2D eigenvalue weighted by atomic mass is 16.7. The number of hydrazone groups is 1. The van der Waals surface area contributed by atoms with E-state index in [2.05, 4.69) is 12.2 Å². The number of carbonyl (C=O) groups is 2. The van der Waals surface area contributed by atoms with Crippen LogP contribution in [-0.2, 0) is 9.59 Å². The van der Waals surface area contributed by atoms with Crippen LogP contribution in [0, 0.1) is 0 Å². The summed E-state index contributed by atoms with van der Waals surface area (Å²) in [5.74, 6) is 1.30. The summed E-state index contributed by atoms with van der Waals surface area (Å²) in [4.78, 5) is 23.7. The van der Waals surface area contributed by atoms with E-state index in [0.29, 0.717) is 11.5 Å². The van der Waals surface area contributed by atoms with Gasteiger partial charge in [0.2, 0.25) is 18.6 Å². The maximum Gasteiger partial charge on any atom is 0.239 e. The molecule has 4 rings (SSSR count). The molecule has 2 aliphatic heterocycles. The topological polar surface area (TPSA) is 80.2 Å². The molecule has 32 heavy (non-hydrogen) atoms. The number of anilines is 1. The summed E-state index contributed by atoms with van der Waals surface area (Å²) in [6, 6.07) is 11.4. The van der Waals surface area contributed by atoms with E-state index in [-0.39, 0.29) is 30.6 Å². The Balaban J connectivity index is 1.76. The predicted molar refractivity (Wildman–Crippen MR) is 124 cm³/mol. The molecule has 7 nitrogen and oxygen atoms in total. The number of nitrogens with zero attached hydrogens (tertiary/aromatic N) is 2. The lowest BCUT2D eigenvalue weighted by Crippen LogP contribution is -2.36. The first-order valence-corrected chi connectivity index (χ1v) is 10.8. The van der Waals surface area contributed by atoms with Gasteiger partial charge in [-0.1, -0.05) is 25.1 Å². The third-order valence-corrected chi connectivity index (χ3v) is 5.83. The summed E-state index contributed by atoms with van der Waals surface area (Å²) in [6.45, 7) is 7.36. The highest BCUT2D eigenvalue weighted by Gasteiger charge is 2.33. The molecule has 2 aromatic carbocycles. The molecule has 2 amide bonds. The van der Waals surface area contributed by atoms with Gasteiger partial charge in [0.1, 0.15) is 0 Å². The number of benzene rings is 2. The minimum Gasteiger partial charge on any atom is -0.454 e. The number of hydrogen-bond donors (Lipinski definition) is 1. The third kappa shape index (κ3) is 4.23. The number of rotatable bonds is 4. The molecule has 0 bridgehead atoms. The van der Waals surface area contributed by atoms with Crippen LogP contribution in [0.15, 0.2) is 47.6 Å². The number of nitrogens with one attached hydrogen (secondary N) is 1. The van der Waals surface area contributed by atoms with Crippen molar-refractivity contribution in [1.29, 1.82) is 0 Å². The van der Waals surface area contributed by atoms with Crippen LogP contribution < -0.4 is 14.8 Å². The molecule has 1 N–H and O–H groups in total. The van der Waals surface area contributed by atoms with Gasteiger partial charge in [0.05, 0.1) is 11.8 Å². The van der Waals surface area contributed by atoms with Crippen LogP contribution in [0.5, 0.6) is 11.5 Å². The van der Waals surface area contributed by atoms with E-state index >= 15 is 0 Å². The molecular formula is C25H27N3O4. The van der Waals surface area contributed by atoms with E-state index in [1.807, 2.05) is 55.5 Å². The third-order valence-electron chi connectivity index (χ3n) is 5.83. The Bertz CT molecular complexity index is 1100. The van der Waals surface area contributed by atoms with E-state index in [1.165, 1.54) is 13.8 Å². The fraction of sp³-hybridized carbons (Fsp3) is 0.320. The smallest absolute Gasteiger partial charge is 0.239 e. The summed E-state index contributed by atoms with van der Waals surface area (Å²) >= 11 is 0. The highest BCUT2D eigenvalue weighted by Crippen LogP contribution is 2.41. The second-order valence-corrected chi connectivity index (χ2v) is 8.03. The molecule has 2 unspecified atom stereocenters. The van der Waals surface area contributed by atoms with E-state index in [1.54, 1.807) is 5.01 Å². The van der Waals surface area contributed by atoms with E-state index in [0.717, 1.165) is 34.5 Å². The van der Waals surface area contributed by atoms with E-state index < -0.39 is 0 Å². The zero-order valence-electron chi connectivity index (χ0n) is 18.7. The Labute approximate surface area is 187 Å². The first kappa shape index (κ1) is 21.6. The van der Waals surface area contributed by atoms with Crippen LogP contribution in [0.3, 0.4) is 0 Å². The Hall–Kier alpha value is -3.61. The standard InChI is InChI=1S/C25H27N3O4/c1-5-20-15(2)28(17(4)30)27-23(22-13-25-24(12-21(20)22)31-14-32-25)11-8-18-6-9-19(10-7-18)26-16(3)29/h6-13,15,20H,5,14H2,1-4H3,(H,26,29). The molecule has 0 saturated carbocycles. The predicted octanol–water partition coefficient (Wildman–Crippen LogP) is 4.54. The van der Waals surface area contributed by atoms with Gasteiger partial charge >= 0.3 is 0 Å². The van der Waals surface area contributed by atoms with Crippen LogP contribution in [0.4, 0.5) is 5.69 Å². The van der Waals surface area contributed by atoms with Crippen molar-refractivity contribution in [2.75, 3.05) is 12.1 Å². The molecule has 2 atom stereocenters. The van der Waals surface area contributed by atoms with Gasteiger partial charge in [-0.25, -0.2) is 5.01 Å². The van der Waals surface area contributed by atoms with Gasteiger partial charge in [0.25, 0.3) is 0 Å². The monoisotopic (exact) mass is 433 g/mol. The normalized spacial score (nSPS) is 19.4. The lowest BCUT2D eigenvalue weighted by atomic mass is 9.85. The summed E-state index contributed by atoms with van der Waals surface area (Å²) < 4.78 is 11.2. The van der Waals surface area contributed by atoms with Crippen molar-refractivity contribution in [2.45, 2.75) is 46.1 Å². The lowest BCUT2D eigenvalue weighted by molar-refractivity contribution is -0.131. The molecule has 7 heteroatoms. The van der Waals surface area contributed by atoms with Crippen LogP contribution in [0.2, 0.25) is 0 Å². The van der Waals surface area contributed by atoms with Gasteiger partial charge in [0, 0.05) is 31.0 Å². The molecule has 0 radical (unpaired) electrons. The largest absolute Gasteiger partial charge is 0.454 e. The van der Waals surface area contributed by atoms with E-state index in [9.17, 15) is 9.59 Å². The van der Waals surface area contributed by atoms with Gasteiger partial charge in [-0.15, -0.1) is 0 Å². The van der Waals surface area contributed by atoms with Gasteiger partial charge < -0.3 is 14.8 Å². The zero-order chi connectivity index (χ0) is 22.8. The second-order valence-electron chi connectivity index (χ2n) is 8.03. The van der Waals surface area contributed by atoms with Crippen molar-refractivity contribution in [3.05, 3.63) is 59.2 Å². The van der Waals surface area contributed by atoms with E-state index in [4.69, 9.17) is 14.6 Å². The van der Waals surface area contributed by atoms with Crippen LogP contribution >= 0.6 is 0 Å². The number of hydrogen-bond acceptors (Lipinski definition) is 5. The van der Waals surface area contributed by atoms with Crippen LogP contribution in [0.1, 0.15) is 56.7 Å². The first-order chi connectivity index (χ1) is 15.4. The average Bonchev–Trinajstić information content (AvgIpc) is 3.17. The SMILES string of the molecule is CCC1c2cc3c(cc2C(C=Cc2ccc(NC(C)=O)cc2)=NN(C(C)=O)C1C)OCO3. The Morgan fingerprint density at radius 3 is 2.44 bits per heavy atom. The molecule has 2 heterocycles.